The third kappa shape index (κ3) is 2.17. The molecule has 2 rings (SSSR count). The van der Waals surface area contributed by atoms with E-state index in [4.69, 9.17) is 0 Å². The molecular formula is C9H14N2S2. The van der Waals surface area contributed by atoms with E-state index >= 15 is 0 Å². The minimum atomic E-state index is 0.527. The molecule has 0 saturated heterocycles. The lowest BCUT2D eigenvalue weighted by molar-refractivity contribution is 0.946. The molecule has 1 fully saturated rings. The molecule has 1 aliphatic rings. The molecule has 2 nitrogen and oxygen atoms in total. The fraction of sp³-hybridized carbons (Fsp3) is 0.667. The molecule has 1 heterocycles. The van der Waals surface area contributed by atoms with Gasteiger partial charge in [0.2, 0.25) is 0 Å². The summed E-state index contributed by atoms with van der Waals surface area (Å²) in [6.45, 7) is 3.16. The van der Waals surface area contributed by atoms with Crippen molar-refractivity contribution in [1.82, 2.24) is 4.98 Å². The summed E-state index contributed by atoms with van der Waals surface area (Å²) < 4.78 is 0.527. The minimum absolute atomic E-state index is 0.527. The largest absolute Gasteiger partial charge is 0.360 e. The van der Waals surface area contributed by atoms with E-state index in [2.05, 4.69) is 23.5 Å². The second-order valence-corrected chi connectivity index (χ2v) is 6.03. The van der Waals surface area contributed by atoms with Crippen LogP contribution < -0.4 is 5.32 Å². The maximum atomic E-state index is 4.28. The first-order valence-electron chi connectivity index (χ1n) is 4.46. The molecular weight excluding hydrogens is 200 g/mol. The summed E-state index contributed by atoms with van der Waals surface area (Å²) in [5.74, 6) is 0. The van der Waals surface area contributed by atoms with E-state index in [1.165, 1.54) is 17.7 Å². The molecule has 0 aliphatic heterocycles. The van der Waals surface area contributed by atoms with Crippen LogP contribution in [-0.2, 0) is 0 Å². The van der Waals surface area contributed by atoms with Crippen LogP contribution in [0.5, 0.6) is 0 Å². The van der Waals surface area contributed by atoms with Gasteiger partial charge >= 0.3 is 0 Å². The first-order chi connectivity index (χ1) is 6.24. The van der Waals surface area contributed by atoms with Crippen LogP contribution in [0, 0.1) is 6.92 Å². The summed E-state index contributed by atoms with van der Waals surface area (Å²) in [6.07, 6.45) is 6.82. The number of thiazole rings is 1. The Morgan fingerprint density at radius 1 is 1.69 bits per heavy atom. The molecule has 72 valence electrons. The molecule has 0 atom stereocenters. The summed E-state index contributed by atoms with van der Waals surface area (Å²) in [5.41, 5.74) is 0. The van der Waals surface area contributed by atoms with Gasteiger partial charge in [0.15, 0.2) is 5.13 Å². The molecule has 1 saturated carbocycles. The summed E-state index contributed by atoms with van der Waals surface area (Å²) >= 11 is 3.71. The Hall–Kier alpha value is -0.220. The molecule has 0 unspecified atom stereocenters. The van der Waals surface area contributed by atoms with Gasteiger partial charge in [-0.2, -0.15) is 11.8 Å². The van der Waals surface area contributed by atoms with Crippen LogP contribution in [0.4, 0.5) is 5.13 Å². The van der Waals surface area contributed by atoms with E-state index < -0.39 is 0 Å². The Morgan fingerprint density at radius 2 is 2.46 bits per heavy atom. The van der Waals surface area contributed by atoms with Crippen molar-refractivity contribution in [2.75, 3.05) is 18.1 Å². The van der Waals surface area contributed by atoms with Crippen LogP contribution in [0.2, 0.25) is 0 Å². The fourth-order valence-corrected chi connectivity index (χ4v) is 2.65. The third-order valence-corrected chi connectivity index (χ3v) is 4.71. The predicted octanol–water partition coefficient (Wildman–Crippen LogP) is 2.76. The highest BCUT2D eigenvalue weighted by atomic mass is 32.2. The highest BCUT2D eigenvalue weighted by molar-refractivity contribution is 8.00. The lowest BCUT2D eigenvalue weighted by Gasteiger charge is -2.11. The highest BCUT2D eigenvalue weighted by Crippen LogP contribution is 2.47. The van der Waals surface area contributed by atoms with Crippen molar-refractivity contribution < 1.29 is 0 Å². The smallest absolute Gasteiger partial charge is 0.182 e. The monoisotopic (exact) mass is 214 g/mol. The predicted molar refractivity (Wildman–Crippen MR) is 60.8 cm³/mol. The van der Waals surface area contributed by atoms with Crippen LogP contribution in [-0.4, -0.2) is 22.5 Å². The molecule has 1 N–H and O–H groups in total. The molecule has 0 bridgehead atoms. The molecule has 1 aromatic heterocycles. The van der Waals surface area contributed by atoms with Gasteiger partial charge in [0.05, 0.1) is 0 Å². The van der Waals surface area contributed by atoms with Crippen LogP contribution in [0.3, 0.4) is 0 Å². The average molecular weight is 214 g/mol. The summed E-state index contributed by atoms with van der Waals surface area (Å²) in [4.78, 5) is 5.55. The summed E-state index contributed by atoms with van der Waals surface area (Å²) in [5, 5.41) is 4.47. The van der Waals surface area contributed by atoms with Gasteiger partial charge in [-0.15, -0.1) is 11.3 Å². The van der Waals surface area contributed by atoms with Gasteiger partial charge in [-0.25, -0.2) is 4.98 Å². The van der Waals surface area contributed by atoms with E-state index in [9.17, 15) is 0 Å². The second-order valence-electron chi connectivity index (χ2n) is 3.52. The Morgan fingerprint density at radius 3 is 2.92 bits per heavy atom. The lowest BCUT2D eigenvalue weighted by atomic mass is 10.4. The van der Waals surface area contributed by atoms with Gasteiger partial charge in [0.25, 0.3) is 0 Å². The zero-order valence-corrected chi connectivity index (χ0v) is 9.60. The van der Waals surface area contributed by atoms with E-state index in [0.717, 1.165) is 11.7 Å². The first kappa shape index (κ1) is 9.34. The third-order valence-electron chi connectivity index (χ3n) is 2.42. The Balaban J connectivity index is 1.86. The van der Waals surface area contributed by atoms with Crippen molar-refractivity contribution in [3.8, 4) is 0 Å². The summed E-state index contributed by atoms with van der Waals surface area (Å²) in [7, 11) is 0. The van der Waals surface area contributed by atoms with Crippen molar-refractivity contribution in [3.63, 3.8) is 0 Å². The molecule has 13 heavy (non-hydrogen) atoms. The molecule has 0 aromatic carbocycles. The second kappa shape index (κ2) is 3.50. The van der Waals surface area contributed by atoms with Gasteiger partial charge in [0.1, 0.15) is 0 Å². The van der Waals surface area contributed by atoms with Crippen molar-refractivity contribution in [1.29, 1.82) is 0 Å². The minimum Gasteiger partial charge on any atom is -0.360 e. The number of hydrogen-bond acceptors (Lipinski definition) is 4. The van der Waals surface area contributed by atoms with Gasteiger partial charge in [0, 0.05) is 22.4 Å². The number of aryl methyl sites for hydroxylation is 1. The Kier molecular flexibility index (Phi) is 2.51. The number of hydrogen-bond donors (Lipinski definition) is 1. The molecule has 0 spiro atoms. The Bertz CT molecular complexity index is 292. The van der Waals surface area contributed by atoms with E-state index in [0.29, 0.717) is 4.75 Å². The van der Waals surface area contributed by atoms with Crippen molar-refractivity contribution >= 4 is 28.2 Å². The average Bonchev–Trinajstić information content (AvgIpc) is 2.81. The molecule has 0 amide bonds. The number of nitrogens with one attached hydrogen (secondary N) is 1. The molecule has 0 radical (unpaired) electrons. The summed E-state index contributed by atoms with van der Waals surface area (Å²) in [6, 6.07) is 0. The number of thioether (sulfide) groups is 1. The van der Waals surface area contributed by atoms with Crippen molar-refractivity contribution in [2.45, 2.75) is 24.5 Å². The van der Waals surface area contributed by atoms with Crippen LogP contribution >= 0.6 is 23.1 Å². The van der Waals surface area contributed by atoms with Crippen LogP contribution in [0.25, 0.3) is 0 Å². The van der Waals surface area contributed by atoms with Gasteiger partial charge in [-0.3, -0.25) is 0 Å². The van der Waals surface area contributed by atoms with Gasteiger partial charge in [-0.1, -0.05) is 0 Å². The Labute approximate surface area is 87.1 Å². The molecule has 4 heteroatoms. The van der Waals surface area contributed by atoms with Crippen LogP contribution in [0.1, 0.15) is 17.7 Å². The number of anilines is 1. The quantitative estimate of drug-likeness (QED) is 0.834. The number of rotatable bonds is 4. The zero-order chi connectivity index (χ0) is 9.31. The van der Waals surface area contributed by atoms with E-state index in [1.807, 2.05) is 18.0 Å². The van der Waals surface area contributed by atoms with E-state index in [-0.39, 0.29) is 0 Å². The molecule has 1 aliphatic carbocycles. The van der Waals surface area contributed by atoms with Crippen molar-refractivity contribution in [2.24, 2.45) is 0 Å². The zero-order valence-electron chi connectivity index (χ0n) is 7.96. The SMILES string of the molecule is CSC1(CNc2ncc(C)s2)CC1. The van der Waals surface area contributed by atoms with Gasteiger partial charge < -0.3 is 5.32 Å². The maximum Gasteiger partial charge on any atom is 0.182 e. The number of aromatic nitrogens is 1. The standard InChI is InChI=1S/C9H14N2S2/c1-7-5-10-8(13-7)11-6-9(12-2)3-4-9/h5H,3-4,6H2,1-2H3,(H,10,11). The van der Waals surface area contributed by atoms with Crippen molar-refractivity contribution in [3.05, 3.63) is 11.1 Å². The lowest BCUT2D eigenvalue weighted by Crippen LogP contribution is -2.17. The van der Waals surface area contributed by atoms with E-state index in [1.54, 1.807) is 11.3 Å². The number of nitrogens with zero attached hydrogens (tertiary/aromatic N) is 1. The highest BCUT2D eigenvalue weighted by Gasteiger charge is 2.41. The molecule has 1 aromatic rings. The topological polar surface area (TPSA) is 24.9 Å². The fourth-order valence-electron chi connectivity index (χ4n) is 1.27. The maximum absolute atomic E-state index is 4.28. The first-order valence-corrected chi connectivity index (χ1v) is 6.50. The van der Waals surface area contributed by atoms with Crippen LogP contribution in [0.15, 0.2) is 6.20 Å². The normalized spacial score (nSPS) is 18.6. The van der Waals surface area contributed by atoms with Gasteiger partial charge in [-0.05, 0) is 26.0 Å².